The standard InChI is InChI=1S/C17H22F3N3O/c1-9(2)15-10(3)21-14-8-13(22-23(14)16(15)24)11-4-6-12(7-5-11)17(18,19)20/h8-9,11-12,22H,4-7H2,1-3H3. The largest absolute Gasteiger partial charge is 0.391 e. The topological polar surface area (TPSA) is 50.2 Å². The van der Waals surface area contributed by atoms with E-state index >= 15 is 0 Å². The van der Waals surface area contributed by atoms with Crippen molar-refractivity contribution in [1.29, 1.82) is 0 Å². The van der Waals surface area contributed by atoms with Gasteiger partial charge in [0.15, 0.2) is 5.65 Å². The highest BCUT2D eigenvalue weighted by atomic mass is 19.4. The van der Waals surface area contributed by atoms with Gasteiger partial charge in [-0.05, 0) is 38.5 Å². The fourth-order valence-electron chi connectivity index (χ4n) is 3.77. The van der Waals surface area contributed by atoms with Crippen molar-refractivity contribution in [2.45, 2.75) is 64.5 Å². The Morgan fingerprint density at radius 2 is 1.88 bits per heavy atom. The zero-order chi connectivity index (χ0) is 17.6. The molecule has 1 N–H and O–H groups in total. The van der Waals surface area contributed by atoms with Crippen LogP contribution in [-0.2, 0) is 0 Å². The predicted octanol–water partition coefficient (Wildman–Crippen LogP) is 4.29. The van der Waals surface area contributed by atoms with Crippen LogP contribution in [0.5, 0.6) is 0 Å². The van der Waals surface area contributed by atoms with Crippen LogP contribution in [-0.4, -0.2) is 20.8 Å². The lowest BCUT2D eigenvalue weighted by atomic mass is 9.80. The Balaban J connectivity index is 1.90. The molecule has 0 amide bonds. The van der Waals surface area contributed by atoms with E-state index in [0.29, 0.717) is 29.7 Å². The lowest BCUT2D eigenvalue weighted by Crippen LogP contribution is -2.27. The summed E-state index contributed by atoms with van der Waals surface area (Å²) in [5.41, 5.74) is 2.60. The number of nitrogens with one attached hydrogen (secondary N) is 1. The first-order valence-electron chi connectivity index (χ1n) is 8.37. The number of hydrogen-bond acceptors (Lipinski definition) is 2. The Labute approximate surface area is 138 Å². The third-order valence-corrected chi connectivity index (χ3v) is 5.07. The van der Waals surface area contributed by atoms with Gasteiger partial charge in [-0.15, -0.1) is 0 Å². The minimum atomic E-state index is -4.10. The summed E-state index contributed by atoms with van der Waals surface area (Å²) in [6.07, 6.45) is -2.87. The molecule has 24 heavy (non-hydrogen) atoms. The number of nitrogens with zero attached hydrogens (tertiary/aromatic N) is 2. The molecule has 0 radical (unpaired) electrons. The molecule has 0 bridgehead atoms. The van der Waals surface area contributed by atoms with Crippen molar-refractivity contribution < 1.29 is 13.2 Å². The smallest absolute Gasteiger partial charge is 0.293 e. The summed E-state index contributed by atoms with van der Waals surface area (Å²) >= 11 is 0. The molecule has 1 fully saturated rings. The van der Waals surface area contributed by atoms with Gasteiger partial charge in [-0.2, -0.15) is 13.2 Å². The second-order valence-electron chi connectivity index (χ2n) is 7.07. The molecule has 0 aromatic carbocycles. The molecule has 4 nitrogen and oxygen atoms in total. The lowest BCUT2D eigenvalue weighted by molar-refractivity contribution is -0.182. The van der Waals surface area contributed by atoms with Crippen LogP contribution in [0.1, 0.15) is 68.3 Å². The monoisotopic (exact) mass is 341 g/mol. The summed E-state index contributed by atoms with van der Waals surface area (Å²) in [6, 6.07) is 1.80. The highest BCUT2D eigenvalue weighted by Gasteiger charge is 2.41. The SMILES string of the molecule is Cc1nc2cc(C3CCC(C(F)(F)F)CC3)[nH]n2c(=O)c1C(C)C. The fraction of sp³-hybridized carbons (Fsp3) is 0.647. The van der Waals surface area contributed by atoms with Crippen molar-refractivity contribution >= 4 is 5.65 Å². The first-order chi connectivity index (χ1) is 11.2. The van der Waals surface area contributed by atoms with Crippen molar-refractivity contribution in [2.75, 3.05) is 0 Å². The number of aromatic amines is 1. The molecule has 0 aliphatic heterocycles. The zero-order valence-corrected chi connectivity index (χ0v) is 14.1. The van der Waals surface area contributed by atoms with E-state index in [9.17, 15) is 18.0 Å². The second-order valence-corrected chi connectivity index (χ2v) is 7.07. The average molecular weight is 341 g/mol. The van der Waals surface area contributed by atoms with Gasteiger partial charge in [0.25, 0.3) is 5.56 Å². The van der Waals surface area contributed by atoms with Gasteiger partial charge in [0, 0.05) is 28.9 Å². The van der Waals surface area contributed by atoms with E-state index in [4.69, 9.17) is 0 Å². The highest BCUT2D eigenvalue weighted by molar-refractivity contribution is 5.43. The van der Waals surface area contributed by atoms with E-state index in [1.807, 2.05) is 20.8 Å². The summed E-state index contributed by atoms with van der Waals surface area (Å²) in [6.45, 7) is 5.71. The van der Waals surface area contributed by atoms with Crippen molar-refractivity contribution in [1.82, 2.24) is 14.6 Å². The van der Waals surface area contributed by atoms with Crippen LogP contribution in [0.15, 0.2) is 10.9 Å². The number of H-pyrrole nitrogens is 1. The molecule has 0 atom stereocenters. The molecule has 1 saturated carbocycles. The lowest BCUT2D eigenvalue weighted by Gasteiger charge is -2.29. The molecule has 2 aromatic heterocycles. The minimum absolute atomic E-state index is 0.0208. The molecule has 3 rings (SSSR count). The number of alkyl halides is 3. The average Bonchev–Trinajstić information content (AvgIpc) is 2.90. The normalized spacial score (nSPS) is 22.5. The first-order valence-corrected chi connectivity index (χ1v) is 8.37. The number of halogens is 3. The van der Waals surface area contributed by atoms with Gasteiger partial charge in [-0.1, -0.05) is 13.8 Å². The molecular formula is C17H22F3N3O. The van der Waals surface area contributed by atoms with Gasteiger partial charge in [-0.25, -0.2) is 9.50 Å². The Morgan fingerprint density at radius 1 is 1.25 bits per heavy atom. The van der Waals surface area contributed by atoms with Gasteiger partial charge in [0.1, 0.15) is 0 Å². The van der Waals surface area contributed by atoms with E-state index < -0.39 is 12.1 Å². The zero-order valence-electron chi connectivity index (χ0n) is 14.1. The number of fused-ring (bicyclic) bond motifs is 1. The fourth-order valence-corrected chi connectivity index (χ4v) is 3.77. The number of hydrogen-bond donors (Lipinski definition) is 1. The Hall–Kier alpha value is -1.79. The molecule has 0 spiro atoms. The van der Waals surface area contributed by atoms with Crippen LogP contribution in [0, 0.1) is 12.8 Å². The quantitative estimate of drug-likeness (QED) is 0.886. The number of aromatic nitrogens is 3. The van der Waals surface area contributed by atoms with Crippen molar-refractivity contribution in [3.63, 3.8) is 0 Å². The van der Waals surface area contributed by atoms with Crippen LogP contribution < -0.4 is 5.56 Å². The summed E-state index contributed by atoms with van der Waals surface area (Å²) in [4.78, 5) is 17.1. The van der Waals surface area contributed by atoms with Crippen LogP contribution in [0.3, 0.4) is 0 Å². The van der Waals surface area contributed by atoms with E-state index in [1.165, 1.54) is 4.52 Å². The second kappa shape index (κ2) is 5.93. The van der Waals surface area contributed by atoms with Crippen LogP contribution >= 0.6 is 0 Å². The minimum Gasteiger partial charge on any atom is -0.293 e. The predicted molar refractivity (Wildman–Crippen MR) is 85.4 cm³/mol. The summed E-state index contributed by atoms with van der Waals surface area (Å²) < 4.78 is 39.8. The van der Waals surface area contributed by atoms with Crippen LogP contribution in [0.4, 0.5) is 13.2 Å². The molecule has 1 aliphatic carbocycles. The first kappa shape index (κ1) is 17.0. The number of rotatable bonds is 2. The van der Waals surface area contributed by atoms with E-state index in [1.54, 1.807) is 6.07 Å². The summed E-state index contributed by atoms with van der Waals surface area (Å²) in [5, 5.41) is 3.07. The van der Waals surface area contributed by atoms with Crippen molar-refractivity contribution in [2.24, 2.45) is 5.92 Å². The third-order valence-electron chi connectivity index (χ3n) is 5.07. The van der Waals surface area contributed by atoms with Crippen LogP contribution in [0.25, 0.3) is 5.65 Å². The molecule has 132 valence electrons. The third kappa shape index (κ3) is 2.96. The van der Waals surface area contributed by atoms with E-state index in [-0.39, 0.29) is 30.2 Å². The van der Waals surface area contributed by atoms with Crippen molar-refractivity contribution in [3.8, 4) is 0 Å². The van der Waals surface area contributed by atoms with Crippen molar-refractivity contribution in [3.05, 3.63) is 33.4 Å². The van der Waals surface area contributed by atoms with Crippen LogP contribution in [0.2, 0.25) is 0 Å². The van der Waals surface area contributed by atoms with E-state index in [2.05, 4.69) is 10.1 Å². The molecule has 7 heteroatoms. The molecule has 0 unspecified atom stereocenters. The van der Waals surface area contributed by atoms with Gasteiger partial charge in [-0.3, -0.25) is 9.89 Å². The Kier molecular flexibility index (Phi) is 4.21. The summed E-state index contributed by atoms with van der Waals surface area (Å²) in [5.74, 6) is -1.11. The van der Waals surface area contributed by atoms with Gasteiger partial charge < -0.3 is 0 Å². The molecule has 2 aromatic rings. The van der Waals surface area contributed by atoms with Gasteiger partial charge in [0.2, 0.25) is 0 Å². The van der Waals surface area contributed by atoms with Gasteiger partial charge >= 0.3 is 6.18 Å². The van der Waals surface area contributed by atoms with Gasteiger partial charge in [0.05, 0.1) is 5.92 Å². The molecule has 2 heterocycles. The highest BCUT2D eigenvalue weighted by Crippen LogP contribution is 2.42. The Bertz CT molecular complexity index is 796. The molecular weight excluding hydrogens is 319 g/mol. The van der Waals surface area contributed by atoms with E-state index in [0.717, 1.165) is 5.69 Å². The number of aryl methyl sites for hydroxylation is 1. The maximum absolute atomic E-state index is 12.8. The molecule has 0 saturated heterocycles. The molecule has 1 aliphatic rings. The maximum atomic E-state index is 12.8. The maximum Gasteiger partial charge on any atom is 0.391 e. The summed E-state index contributed by atoms with van der Waals surface area (Å²) in [7, 11) is 0. The Morgan fingerprint density at radius 3 is 2.42 bits per heavy atom.